The molecule has 0 atom stereocenters. The van der Waals surface area contributed by atoms with Crippen molar-refractivity contribution in [1.29, 1.82) is 0 Å². The van der Waals surface area contributed by atoms with Gasteiger partial charge in [-0.2, -0.15) is 13.2 Å². The topological polar surface area (TPSA) is 0 Å². The van der Waals surface area contributed by atoms with Crippen LogP contribution in [-0.2, 0) is 12.6 Å². The highest BCUT2D eigenvalue weighted by molar-refractivity contribution is 5.27. The van der Waals surface area contributed by atoms with E-state index >= 15 is 0 Å². The summed E-state index contributed by atoms with van der Waals surface area (Å²) < 4.78 is 49.3. The Bertz CT molecular complexity index is 338. The van der Waals surface area contributed by atoms with E-state index in [1.54, 1.807) is 0 Å². The van der Waals surface area contributed by atoms with E-state index in [0.29, 0.717) is 6.07 Å². The van der Waals surface area contributed by atoms with Crippen LogP contribution in [0.25, 0.3) is 0 Å². The van der Waals surface area contributed by atoms with E-state index < -0.39 is 17.6 Å². The highest BCUT2D eigenvalue weighted by Crippen LogP contribution is 2.30. The van der Waals surface area contributed by atoms with E-state index in [1.165, 1.54) is 6.08 Å². The Kier molecular flexibility index (Phi) is 2.93. The lowest BCUT2D eigenvalue weighted by Crippen LogP contribution is -2.06. The molecule has 1 aromatic carbocycles. The van der Waals surface area contributed by atoms with Crippen LogP contribution < -0.4 is 0 Å². The van der Waals surface area contributed by atoms with Crippen LogP contribution in [0.2, 0.25) is 0 Å². The first-order valence-corrected chi connectivity index (χ1v) is 3.91. The third-order valence-corrected chi connectivity index (χ3v) is 1.74. The van der Waals surface area contributed by atoms with E-state index in [1.807, 2.05) is 0 Å². The van der Waals surface area contributed by atoms with Crippen molar-refractivity contribution < 1.29 is 17.6 Å². The van der Waals surface area contributed by atoms with Crippen LogP contribution in [0.3, 0.4) is 0 Å². The van der Waals surface area contributed by atoms with Crippen LogP contribution in [0.5, 0.6) is 0 Å². The minimum absolute atomic E-state index is 0.216. The molecular formula is C10H8F4. The van der Waals surface area contributed by atoms with Crippen molar-refractivity contribution in [3.05, 3.63) is 47.8 Å². The molecule has 4 heteroatoms. The Morgan fingerprint density at radius 1 is 1.29 bits per heavy atom. The van der Waals surface area contributed by atoms with Gasteiger partial charge in [-0.15, -0.1) is 6.58 Å². The first-order chi connectivity index (χ1) is 6.45. The molecule has 0 heterocycles. The molecule has 0 aliphatic heterocycles. The molecule has 0 radical (unpaired) electrons. The summed E-state index contributed by atoms with van der Waals surface area (Å²) >= 11 is 0. The average Bonchev–Trinajstić information content (AvgIpc) is 2.07. The van der Waals surface area contributed by atoms with Crippen LogP contribution in [0, 0.1) is 5.82 Å². The molecule has 0 aliphatic carbocycles. The fraction of sp³-hybridized carbons (Fsp3) is 0.200. The van der Waals surface area contributed by atoms with Crippen molar-refractivity contribution in [2.24, 2.45) is 0 Å². The van der Waals surface area contributed by atoms with Gasteiger partial charge in [0.1, 0.15) is 5.82 Å². The number of alkyl halides is 3. The molecule has 0 unspecified atom stereocenters. The van der Waals surface area contributed by atoms with Crippen LogP contribution in [-0.4, -0.2) is 0 Å². The van der Waals surface area contributed by atoms with Gasteiger partial charge in [-0.05, 0) is 24.1 Å². The normalized spacial score (nSPS) is 11.4. The van der Waals surface area contributed by atoms with Gasteiger partial charge in [0, 0.05) is 0 Å². The van der Waals surface area contributed by atoms with Crippen molar-refractivity contribution in [3.8, 4) is 0 Å². The minimum Gasteiger partial charge on any atom is -0.207 e. The summed E-state index contributed by atoms with van der Waals surface area (Å²) in [6.07, 6.45) is -2.83. The molecule has 0 saturated heterocycles. The molecule has 0 N–H and O–H groups in total. The summed E-state index contributed by atoms with van der Waals surface area (Å²) in [7, 11) is 0. The molecule has 0 fully saturated rings. The van der Waals surface area contributed by atoms with E-state index in [-0.39, 0.29) is 12.0 Å². The first kappa shape index (κ1) is 10.8. The summed E-state index contributed by atoms with van der Waals surface area (Å²) in [5.74, 6) is -0.847. The maximum atomic E-state index is 13.0. The number of benzene rings is 1. The van der Waals surface area contributed by atoms with Gasteiger partial charge in [0.15, 0.2) is 0 Å². The van der Waals surface area contributed by atoms with Crippen molar-refractivity contribution in [1.82, 2.24) is 0 Å². The number of allylic oxidation sites excluding steroid dienone is 1. The molecule has 1 aromatic rings. The quantitative estimate of drug-likeness (QED) is 0.510. The number of hydrogen-bond acceptors (Lipinski definition) is 0. The molecule has 0 spiro atoms. The van der Waals surface area contributed by atoms with Gasteiger partial charge in [-0.1, -0.05) is 12.1 Å². The third-order valence-electron chi connectivity index (χ3n) is 1.74. The van der Waals surface area contributed by atoms with Gasteiger partial charge in [-0.3, -0.25) is 0 Å². The fourth-order valence-electron chi connectivity index (χ4n) is 1.04. The van der Waals surface area contributed by atoms with Gasteiger partial charge in [0.05, 0.1) is 5.56 Å². The standard InChI is InChI=1S/C10H8F4/c1-2-3-7-4-5-8(6-9(7)11)10(12,13)14/h2,4-6H,1,3H2. The summed E-state index contributed by atoms with van der Waals surface area (Å²) in [6.45, 7) is 3.38. The largest absolute Gasteiger partial charge is 0.416 e. The highest BCUT2D eigenvalue weighted by Gasteiger charge is 2.30. The minimum atomic E-state index is -4.49. The van der Waals surface area contributed by atoms with Gasteiger partial charge >= 0.3 is 6.18 Å². The Morgan fingerprint density at radius 3 is 2.36 bits per heavy atom. The summed E-state index contributed by atoms with van der Waals surface area (Å²) in [4.78, 5) is 0. The monoisotopic (exact) mass is 204 g/mol. The molecule has 1 rings (SSSR count). The molecular weight excluding hydrogens is 196 g/mol. The Hall–Kier alpha value is -1.32. The van der Waals surface area contributed by atoms with Crippen LogP contribution >= 0.6 is 0 Å². The van der Waals surface area contributed by atoms with E-state index in [9.17, 15) is 17.6 Å². The van der Waals surface area contributed by atoms with Crippen molar-refractivity contribution >= 4 is 0 Å². The molecule has 0 bridgehead atoms. The lowest BCUT2D eigenvalue weighted by Gasteiger charge is -2.07. The molecule has 14 heavy (non-hydrogen) atoms. The Balaban J connectivity index is 3.06. The second kappa shape index (κ2) is 3.82. The van der Waals surface area contributed by atoms with Crippen molar-refractivity contribution in [2.75, 3.05) is 0 Å². The smallest absolute Gasteiger partial charge is 0.207 e. The van der Waals surface area contributed by atoms with E-state index in [0.717, 1.165) is 12.1 Å². The second-order valence-electron chi connectivity index (χ2n) is 2.80. The first-order valence-electron chi connectivity index (χ1n) is 3.91. The van der Waals surface area contributed by atoms with Gasteiger partial charge in [0.2, 0.25) is 0 Å². The number of rotatable bonds is 2. The SMILES string of the molecule is C=CCc1ccc(C(F)(F)F)cc1F. The summed E-state index contributed by atoms with van der Waals surface area (Å²) in [5.41, 5.74) is -0.754. The molecule has 0 nitrogen and oxygen atoms in total. The highest BCUT2D eigenvalue weighted by atomic mass is 19.4. The lowest BCUT2D eigenvalue weighted by atomic mass is 10.1. The number of halogens is 4. The summed E-state index contributed by atoms with van der Waals surface area (Å²) in [5, 5.41) is 0. The van der Waals surface area contributed by atoms with E-state index in [2.05, 4.69) is 6.58 Å². The van der Waals surface area contributed by atoms with Crippen LogP contribution in [0.1, 0.15) is 11.1 Å². The third kappa shape index (κ3) is 2.34. The van der Waals surface area contributed by atoms with Gasteiger partial charge < -0.3 is 0 Å². The Labute approximate surface area is 78.9 Å². The maximum absolute atomic E-state index is 13.0. The average molecular weight is 204 g/mol. The number of hydrogen-bond donors (Lipinski definition) is 0. The Morgan fingerprint density at radius 2 is 1.93 bits per heavy atom. The van der Waals surface area contributed by atoms with Crippen LogP contribution in [0.15, 0.2) is 30.9 Å². The fourth-order valence-corrected chi connectivity index (χ4v) is 1.04. The van der Waals surface area contributed by atoms with Crippen molar-refractivity contribution in [2.45, 2.75) is 12.6 Å². The predicted octanol–water partition coefficient (Wildman–Crippen LogP) is 3.57. The second-order valence-corrected chi connectivity index (χ2v) is 2.80. The zero-order valence-electron chi connectivity index (χ0n) is 7.24. The maximum Gasteiger partial charge on any atom is 0.416 e. The zero-order valence-corrected chi connectivity index (χ0v) is 7.24. The predicted molar refractivity (Wildman–Crippen MR) is 45.3 cm³/mol. The van der Waals surface area contributed by atoms with E-state index in [4.69, 9.17) is 0 Å². The van der Waals surface area contributed by atoms with Gasteiger partial charge in [-0.25, -0.2) is 4.39 Å². The van der Waals surface area contributed by atoms with Gasteiger partial charge in [0.25, 0.3) is 0 Å². The molecule has 0 saturated carbocycles. The lowest BCUT2D eigenvalue weighted by molar-refractivity contribution is -0.137. The zero-order chi connectivity index (χ0) is 10.8. The molecule has 0 aliphatic rings. The molecule has 0 aromatic heterocycles. The summed E-state index contributed by atoms with van der Waals surface area (Å²) in [6, 6.07) is 2.49. The van der Waals surface area contributed by atoms with Crippen LogP contribution in [0.4, 0.5) is 17.6 Å². The molecule has 76 valence electrons. The molecule has 0 amide bonds. The van der Waals surface area contributed by atoms with Crippen molar-refractivity contribution in [3.63, 3.8) is 0 Å².